The molecule has 1 heterocycles. The van der Waals surface area contributed by atoms with Crippen LogP contribution in [0.15, 0.2) is 70.2 Å². The fraction of sp³-hybridized carbons (Fsp3) is 0.217. The molecule has 6 heteroatoms. The summed E-state index contributed by atoms with van der Waals surface area (Å²) in [5.74, 6) is -0.0911. The number of nitrogens with one attached hydrogen (secondary N) is 2. The monoisotopic (exact) mass is 408 g/mol. The van der Waals surface area contributed by atoms with E-state index >= 15 is 0 Å². The van der Waals surface area contributed by atoms with Crippen LogP contribution in [-0.4, -0.2) is 17.1 Å². The zero-order chi connectivity index (χ0) is 20.8. The summed E-state index contributed by atoms with van der Waals surface area (Å²) in [4.78, 5) is 25.8. The topological polar surface area (TPSA) is 71.3 Å². The zero-order valence-corrected chi connectivity index (χ0v) is 17.5. The lowest BCUT2D eigenvalue weighted by Gasteiger charge is -2.16. The molecule has 1 atom stereocenters. The van der Waals surface area contributed by atoms with Crippen LogP contribution in [0, 0.1) is 13.8 Å². The fourth-order valence-electron chi connectivity index (χ4n) is 3.00. The summed E-state index contributed by atoms with van der Waals surface area (Å²) < 4.78 is 5.11. The number of carbonyl (C=O) groups is 2. The van der Waals surface area contributed by atoms with Gasteiger partial charge in [-0.25, -0.2) is 0 Å². The summed E-state index contributed by atoms with van der Waals surface area (Å²) >= 11 is 1.48. The molecule has 0 bridgehead atoms. The van der Waals surface area contributed by atoms with Crippen molar-refractivity contribution >= 4 is 35.0 Å². The third-order valence-electron chi connectivity index (χ3n) is 4.27. The van der Waals surface area contributed by atoms with E-state index < -0.39 is 0 Å². The largest absolute Gasteiger partial charge is 0.459 e. The Balaban J connectivity index is 1.67. The molecule has 0 fully saturated rings. The summed E-state index contributed by atoms with van der Waals surface area (Å²) in [7, 11) is 0. The van der Waals surface area contributed by atoms with Crippen molar-refractivity contribution in [2.24, 2.45) is 0 Å². The normalized spacial score (nSPS) is 11.7. The van der Waals surface area contributed by atoms with Gasteiger partial charge in [0, 0.05) is 16.3 Å². The molecule has 0 spiro atoms. The van der Waals surface area contributed by atoms with E-state index in [2.05, 4.69) is 16.7 Å². The maximum atomic E-state index is 12.8. The van der Waals surface area contributed by atoms with Crippen LogP contribution >= 0.6 is 11.8 Å². The number of aryl methyl sites for hydroxylation is 2. The molecule has 0 aliphatic carbocycles. The van der Waals surface area contributed by atoms with Gasteiger partial charge in [-0.3, -0.25) is 9.59 Å². The van der Waals surface area contributed by atoms with Crippen molar-refractivity contribution in [3.63, 3.8) is 0 Å². The lowest BCUT2D eigenvalue weighted by molar-refractivity contribution is -0.115. The van der Waals surface area contributed by atoms with E-state index in [1.165, 1.54) is 18.0 Å². The van der Waals surface area contributed by atoms with Crippen LogP contribution < -0.4 is 10.6 Å². The first-order valence-electron chi connectivity index (χ1n) is 9.45. The summed E-state index contributed by atoms with van der Waals surface area (Å²) in [6, 6.07) is 16.7. The molecule has 3 aromatic rings. The van der Waals surface area contributed by atoms with E-state index in [-0.39, 0.29) is 22.8 Å². The highest BCUT2D eigenvalue weighted by atomic mass is 32.2. The van der Waals surface area contributed by atoms with Gasteiger partial charge in [0.15, 0.2) is 5.76 Å². The maximum absolute atomic E-state index is 12.8. The van der Waals surface area contributed by atoms with Gasteiger partial charge >= 0.3 is 0 Å². The maximum Gasteiger partial charge on any atom is 0.291 e. The van der Waals surface area contributed by atoms with E-state index in [0.717, 1.165) is 21.7 Å². The Bertz CT molecular complexity index is 979. The van der Waals surface area contributed by atoms with Gasteiger partial charge in [-0.1, -0.05) is 19.1 Å². The highest BCUT2D eigenvalue weighted by Gasteiger charge is 2.19. The molecule has 2 aromatic carbocycles. The molecule has 2 N–H and O–H groups in total. The van der Waals surface area contributed by atoms with Crippen molar-refractivity contribution in [2.75, 3.05) is 10.6 Å². The van der Waals surface area contributed by atoms with Gasteiger partial charge in [0.25, 0.3) is 5.91 Å². The second-order valence-electron chi connectivity index (χ2n) is 6.84. The standard InChI is InChI=1S/C23H24N2O3S/c1-4-21(23(27)25-18-12-15(2)11-16(3)13-18)29-19-8-5-7-17(14-19)24-22(26)20-9-6-10-28-20/h5-14,21H,4H2,1-3H3,(H,24,26)(H,25,27). The molecular formula is C23H24N2O3S. The number of rotatable bonds is 7. The van der Waals surface area contributed by atoms with Crippen molar-refractivity contribution in [2.45, 2.75) is 37.3 Å². The zero-order valence-electron chi connectivity index (χ0n) is 16.7. The Morgan fingerprint density at radius 2 is 1.72 bits per heavy atom. The number of thioether (sulfide) groups is 1. The molecule has 0 aliphatic rings. The number of anilines is 2. The first-order valence-corrected chi connectivity index (χ1v) is 10.3. The van der Waals surface area contributed by atoms with Crippen molar-refractivity contribution < 1.29 is 14.0 Å². The molecule has 0 radical (unpaired) electrons. The van der Waals surface area contributed by atoms with E-state index in [9.17, 15) is 9.59 Å². The van der Waals surface area contributed by atoms with Crippen LogP contribution in [0.4, 0.5) is 11.4 Å². The van der Waals surface area contributed by atoms with Gasteiger partial charge in [-0.15, -0.1) is 11.8 Å². The molecule has 1 aromatic heterocycles. The third kappa shape index (κ3) is 5.74. The first kappa shape index (κ1) is 20.7. The predicted octanol–water partition coefficient (Wildman–Crippen LogP) is 5.66. The van der Waals surface area contributed by atoms with Crippen LogP contribution in [0.5, 0.6) is 0 Å². The number of furan rings is 1. The lowest BCUT2D eigenvalue weighted by atomic mass is 10.1. The highest BCUT2D eigenvalue weighted by molar-refractivity contribution is 8.00. The van der Waals surface area contributed by atoms with Gasteiger partial charge in [0.1, 0.15) is 0 Å². The minimum Gasteiger partial charge on any atom is -0.459 e. The molecule has 0 aliphatic heterocycles. The number of amides is 2. The van der Waals surface area contributed by atoms with Crippen LogP contribution in [0.25, 0.3) is 0 Å². The molecule has 5 nitrogen and oxygen atoms in total. The molecule has 0 saturated carbocycles. The Labute approximate surface area is 174 Å². The molecule has 0 saturated heterocycles. The van der Waals surface area contributed by atoms with Crippen molar-refractivity contribution in [3.05, 3.63) is 77.7 Å². The second-order valence-corrected chi connectivity index (χ2v) is 8.12. The summed E-state index contributed by atoms with van der Waals surface area (Å²) in [5.41, 5.74) is 3.69. The minimum absolute atomic E-state index is 0.0347. The summed E-state index contributed by atoms with van der Waals surface area (Å²) in [5, 5.41) is 5.59. The Morgan fingerprint density at radius 3 is 2.38 bits per heavy atom. The van der Waals surface area contributed by atoms with Crippen LogP contribution in [-0.2, 0) is 4.79 Å². The quantitative estimate of drug-likeness (QED) is 0.495. The van der Waals surface area contributed by atoms with Crippen LogP contribution in [0.1, 0.15) is 35.0 Å². The minimum atomic E-state index is -0.309. The van der Waals surface area contributed by atoms with E-state index in [0.29, 0.717) is 12.1 Å². The smallest absolute Gasteiger partial charge is 0.291 e. The molecule has 2 amide bonds. The molecular weight excluding hydrogens is 384 g/mol. The van der Waals surface area contributed by atoms with Gasteiger partial charge in [0.05, 0.1) is 11.5 Å². The average Bonchev–Trinajstić information content (AvgIpc) is 3.20. The summed E-state index contributed by atoms with van der Waals surface area (Å²) in [6.07, 6.45) is 2.14. The Morgan fingerprint density at radius 1 is 0.966 bits per heavy atom. The molecule has 150 valence electrons. The van der Waals surface area contributed by atoms with Crippen LogP contribution in [0.2, 0.25) is 0 Å². The van der Waals surface area contributed by atoms with Gasteiger partial charge in [0.2, 0.25) is 5.91 Å². The lowest BCUT2D eigenvalue weighted by Crippen LogP contribution is -2.24. The number of hydrogen-bond donors (Lipinski definition) is 2. The molecule has 1 unspecified atom stereocenters. The number of hydrogen-bond acceptors (Lipinski definition) is 4. The van der Waals surface area contributed by atoms with Crippen molar-refractivity contribution in [1.29, 1.82) is 0 Å². The second kappa shape index (κ2) is 9.47. The van der Waals surface area contributed by atoms with E-state index in [1.54, 1.807) is 18.2 Å². The Kier molecular flexibility index (Phi) is 6.77. The SMILES string of the molecule is CCC(Sc1cccc(NC(=O)c2ccco2)c1)C(=O)Nc1cc(C)cc(C)c1. The van der Waals surface area contributed by atoms with Crippen LogP contribution in [0.3, 0.4) is 0 Å². The molecule has 3 rings (SSSR count). The van der Waals surface area contributed by atoms with E-state index in [4.69, 9.17) is 4.42 Å². The first-order chi connectivity index (χ1) is 13.9. The molecule has 29 heavy (non-hydrogen) atoms. The number of benzene rings is 2. The predicted molar refractivity (Wildman–Crippen MR) is 118 cm³/mol. The van der Waals surface area contributed by atoms with Crippen molar-refractivity contribution in [3.8, 4) is 0 Å². The highest BCUT2D eigenvalue weighted by Crippen LogP contribution is 2.29. The summed E-state index contributed by atoms with van der Waals surface area (Å²) in [6.45, 7) is 6.01. The van der Waals surface area contributed by atoms with Crippen molar-refractivity contribution in [1.82, 2.24) is 0 Å². The third-order valence-corrected chi connectivity index (χ3v) is 5.63. The average molecular weight is 409 g/mol. The van der Waals surface area contributed by atoms with E-state index in [1.807, 2.05) is 51.1 Å². The Hall–Kier alpha value is -2.99. The van der Waals surface area contributed by atoms with Gasteiger partial charge in [-0.05, 0) is 73.9 Å². The fourth-order valence-corrected chi connectivity index (χ4v) is 4.02. The van der Waals surface area contributed by atoms with Gasteiger partial charge < -0.3 is 15.1 Å². The van der Waals surface area contributed by atoms with Gasteiger partial charge in [-0.2, -0.15) is 0 Å². The number of carbonyl (C=O) groups excluding carboxylic acids is 2.